The number of hydrogen-bond donors (Lipinski definition) is 0. The monoisotopic (exact) mass is 558 g/mol. The molecule has 0 aliphatic carbocycles. The van der Waals surface area contributed by atoms with Crippen LogP contribution >= 0.6 is 31.9 Å². The number of carbonyl (C=O) groups is 2. The van der Waals surface area contributed by atoms with Gasteiger partial charge in [0.15, 0.2) is 0 Å². The quantitative estimate of drug-likeness (QED) is 0.438. The van der Waals surface area contributed by atoms with Crippen LogP contribution in [0.1, 0.15) is 37.4 Å². The van der Waals surface area contributed by atoms with Gasteiger partial charge in [-0.25, -0.2) is 9.59 Å². The molecule has 168 valence electrons. The summed E-state index contributed by atoms with van der Waals surface area (Å²) in [5.74, 6) is 0.0429. The highest BCUT2D eigenvalue weighted by Gasteiger charge is 2.34. The molecule has 2 rings (SSSR count). The van der Waals surface area contributed by atoms with Crippen LogP contribution in [0.4, 0.5) is 0 Å². The fourth-order valence-electron chi connectivity index (χ4n) is 3.60. The molecule has 7 nitrogen and oxygen atoms in total. The zero-order valence-electron chi connectivity index (χ0n) is 18.6. The number of ether oxygens (including phenoxy) is 5. The van der Waals surface area contributed by atoms with E-state index in [0.717, 1.165) is 5.56 Å². The van der Waals surface area contributed by atoms with Crippen molar-refractivity contribution in [2.24, 2.45) is 0 Å². The highest BCUT2D eigenvalue weighted by molar-refractivity contribution is 9.11. The molecule has 0 fully saturated rings. The summed E-state index contributed by atoms with van der Waals surface area (Å²) in [7, 11) is 7.06. The summed E-state index contributed by atoms with van der Waals surface area (Å²) in [5, 5.41) is 0. The number of halogens is 2. The van der Waals surface area contributed by atoms with E-state index in [9.17, 15) is 9.59 Å². The SMILES string of the molecule is COC(=O)c1c(Br)c(OC)c(C)c(C)c1-c1c(OC)c(C)c(OC)c(Br)c1C(=O)OC. The number of methoxy groups -OCH3 is 5. The van der Waals surface area contributed by atoms with Crippen molar-refractivity contribution in [3.63, 3.8) is 0 Å². The van der Waals surface area contributed by atoms with Crippen LogP contribution in [-0.4, -0.2) is 47.5 Å². The zero-order chi connectivity index (χ0) is 23.6. The lowest BCUT2D eigenvalue weighted by Crippen LogP contribution is -2.14. The average Bonchev–Trinajstić information content (AvgIpc) is 2.75. The van der Waals surface area contributed by atoms with E-state index in [0.29, 0.717) is 48.4 Å². The van der Waals surface area contributed by atoms with E-state index < -0.39 is 11.9 Å². The molecule has 0 radical (unpaired) electrons. The fraction of sp³-hybridized carbons (Fsp3) is 0.364. The number of esters is 2. The van der Waals surface area contributed by atoms with Crippen molar-refractivity contribution in [3.05, 3.63) is 36.8 Å². The Hall–Kier alpha value is -2.26. The minimum Gasteiger partial charge on any atom is -0.496 e. The van der Waals surface area contributed by atoms with E-state index in [1.165, 1.54) is 35.5 Å². The Kier molecular flexibility index (Phi) is 7.99. The Morgan fingerprint density at radius 2 is 0.968 bits per heavy atom. The summed E-state index contributed by atoms with van der Waals surface area (Å²) >= 11 is 6.97. The van der Waals surface area contributed by atoms with Gasteiger partial charge in [-0.15, -0.1) is 0 Å². The molecule has 0 atom stereocenters. The van der Waals surface area contributed by atoms with E-state index in [-0.39, 0.29) is 11.1 Å². The number of rotatable bonds is 6. The molecule has 0 N–H and O–H groups in total. The van der Waals surface area contributed by atoms with Crippen LogP contribution in [0.3, 0.4) is 0 Å². The second kappa shape index (κ2) is 9.91. The Labute approximate surface area is 198 Å². The number of hydrogen-bond acceptors (Lipinski definition) is 7. The molecule has 0 aliphatic heterocycles. The summed E-state index contributed by atoms with van der Waals surface area (Å²) in [6.07, 6.45) is 0. The molecule has 2 aromatic rings. The molecule has 0 aromatic heterocycles. The topological polar surface area (TPSA) is 80.3 Å². The van der Waals surface area contributed by atoms with E-state index in [1.54, 1.807) is 6.92 Å². The van der Waals surface area contributed by atoms with Crippen molar-refractivity contribution >= 4 is 43.8 Å². The molecule has 0 aliphatic rings. The molecule has 0 saturated carbocycles. The lowest BCUT2D eigenvalue weighted by atomic mass is 9.86. The van der Waals surface area contributed by atoms with Crippen LogP contribution in [0.5, 0.6) is 17.2 Å². The highest BCUT2D eigenvalue weighted by atomic mass is 79.9. The third kappa shape index (κ3) is 4.01. The molecular formula is C22H24Br2O7. The maximum absolute atomic E-state index is 12.9. The maximum Gasteiger partial charge on any atom is 0.339 e. The van der Waals surface area contributed by atoms with Gasteiger partial charge >= 0.3 is 11.9 Å². The molecule has 0 saturated heterocycles. The average molecular weight is 560 g/mol. The van der Waals surface area contributed by atoms with E-state index in [1.807, 2.05) is 13.8 Å². The summed E-state index contributed by atoms with van der Waals surface area (Å²) in [5.41, 5.74) is 3.32. The van der Waals surface area contributed by atoms with E-state index in [4.69, 9.17) is 23.7 Å². The summed E-state index contributed by atoms with van der Waals surface area (Å²) in [6, 6.07) is 0. The van der Waals surface area contributed by atoms with Crippen molar-refractivity contribution < 1.29 is 33.3 Å². The number of carbonyl (C=O) groups excluding carboxylic acids is 2. The van der Waals surface area contributed by atoms with Gasteiger partial charge in [-0.3, -0.25) is 0 Å². The van der Waals surface area contributed by atoms with E-state index >= 15 is 0 Å². The number of benzene rings is 2. The third-order valence-electron chi connectivity index (χ3n) is 5.17. The molecule has 0 unspecified atom stereocenters. The standard InChI is InChI=1S/C22H24Br2O7/c1-9-10(2)19(28-5)16(23)14(21(25)30-7)12(9)13-15(22(26)31-8)17(24)20(29-6)11(3)18(13)27-4/h1-8H3. The molecule has 0 heterocycles. The first-order valence-electron chi connectivity index (χ1n) is 9.10. The van der Waals surface area contributed by atoms with Crippen LogP contribution in [0, 0.1) is 20.8 Å². The summed E-state index contributed by atoms with van der Waals surface area (Å²) in [6.45, 7) is 5.49. The van der Waals surface area contributed by atoms with Gasteiger partial charge in [0.2, 0.25) is 0 Å². The van der Waals surface area contributed by atoms with Crippen molar-refractivity contribution in [1.29, 1.82) is 0 Å². The van der Waals surface area contributed by atoms with Crippen molar-refractivity contribution in [2.45, 2.75) is 20.8 Å². The van der Waals surface area contributed by atoms with Gasteiger partial charge in [0, 0.05) is 16.7 Å². The Morgan fingerprint density at radius 1 is 0.581 bits per heavy atom. The third-order valence-corrected chi connectivity index (χ3v) is 6.68. The molecule has 0 spiro atoms. The van der Waals surface area contributed by atoms with Crippen LogP contribution in [-0.2, 0) is 9.47 Å². The van der Waals surface area contributed by atoms with Gasteiger partial charge in [-0.1, -0.05) is 0 Å². The van der Waals surface area contributed by atoms with Crippen LogP contribution in [0.2, 0.25) is 0 Å². The first-order valence-corrected chi connectivity index (χ1v) is 10.7. The highest BCUT2D eigenvalue weighted by Crippen LogP contribution is 2.51. The van der Waals surface area contributed by atoms with Gasteiger partial charge in [-0.2, -0.15) is 0 Å². The Morgan fingerprint density at radius 3 is 1.35 bits per heavy atom. The van der Waals surface area contributed by atoms with Crippen molar-refractivity contribution in [3.8, 4) is 28.4 Å². The van der Waals surface area contributed by atoms with E-state index in [2.05, 4.69) is 31.9 Å². The van der Waals surface area contributed by atoms with Crippen molar-refractivity contribution in [1.82, 2.24) is 0 Å². The second-order valence-corrected chi connectivity index (χ2v) is 8.17. The fourth-order valence-corrected chi connectivity index (χ4v) is 5.24. The molecule has 0 amide bonds. The predicted molar refractivity (Wildman–Crippen MR) is 124 cm³/mol. The van der Waals surface area contributed by atoms with Crippen LogP contribution < -0.4 is 14.2 Å². The van der Waals surface area contributed by atoms with Gasteiger partial charge in [-0.05, 0) is 63.8 Å². The minimum absolute atomic E-state index is 0.159. The molecular weight excluding hydrogens is 536 g/mol. The summed E-state index contributed by atoms with van der Waals surface area (Å²) in [4.78, 5) is 25.8. The van der Waals surface area contributed by atoms with Crippen molar-refractivity contribution in [2.75, 3.05) is 35.5 Å². The first kappa shape index (κ1) is 25.0. The smallest absolute Gasteiger partial charge is 0.339 e. The summed E-state index contributed by atoms with van der Waals surface area (Å²) < 4.78 is 27.6. The Bertz CT molecular complexity index is 1060. The lowest BCUT2D eigenvalue weighted by Gasteiger charge is -2.25. The predicted octanol–water partition coefficient (Wildman–Crippen LogP) is 5.40. The largest absolute Gasteiger partial charge is 0.496 e. The maximum atomic E-state index is 12.9. The normalized spacial score (nSPS) is 10.5. The van der Waals surface area contributed by atoms with Gasteiger partial charge in [0.25, 0.3) is 0 Å². The molecule has 0 bridgehead atoms. The lowest BCUT2D eigenvalue weighted by molar-refractivity contribution is 0.0588. The van der Waals surface area contributed by atoms with Gasteiger partial charge in [0.05, 0.1) is 55.6 Å². The van der Waals surface area contributed by atoms with Crippen LogP contribution in [0.25, 0.3) is 11.1 Å². The first-order chi connectivity index (χ1) is 14.6. The molecule has 2 aromatic carbocycles. The zero-order valence-corrected chi connectivity index (χ0v) is 21.8. The van der Waals surface area contributed by atoms with Gasteiger partial charge < -0.3 is 23.7 Å². The van der Waals surface area contributed by atoms with Crippen LogP contribution in [0.15, 0.2) is 8.95 Å². The Balaban J connectivity index is 3.28. The van der Waals surface area contributed by atoms with Gasteiger partial charge in [0.1, 0.15) is 17.2 Å². The minimum atomic E-state index is -0.627. The second-order valence-electron chi connectivity index (χ2n) is 6.59. The molecule has 31 heavy (non-hydrogen) atoms. The molecule has 9 heteroatoms.